The van der Waals surface area contributed by atoms with Crippen LogP contribution in [0, 0.1) is 5.92 Å². The van der Waals surface area contributed by atoms with Crippen LogP contribution in [-0.4, -0.2) is 47.4 Å². The zero-order valence-corrected chi connectivity index (χ0v) is 14.1. The Morgan fingerprint density at radius 3 is 2.57 bits per heavy atom. The molecule has 1 unspecified atom stereocenters. The minimum Gasteiger partial charge on any atom is -0.381 e. The number of nitrogens with zero attached hydrogens (tertiary/aromatic N) is 2. The van der Waals surface area contributed by atoms with E-state index in [0.717, 1.165) is 26.1 Å². The fraction of sp³-hybridized carbons (Fsp3) is 0.556. The number of amides is 2. The maximum Gasteiger partial charge on any atom is 0.227 e. The first-order valence-electron chi connectivity index (χ1n) is 8.15. The lowest BCUT2D eigenvalue weighted by Gasteiger charge is -2.43. The van der Waals surface area contributed by atoms with Gasteiger partial charge in [0.1, 0.15) is 0 Å². The molecule has 0 bridgehead atoms. The zero-order chi connectivity index (χ0) is 17.0. The summed E-state index contributed by atoms with van der Waals surface area (Å²) in [6.45, 7) is 13.1. The number of piperazine rings is 1. The molecule has 2 aliphatic heterocycles. The number of carbonyl (C=O) groups excluding carboxylic acids is 2. The second-order valence-electron chi connectivity index (χ2n) is 6.24. The van der Waals surface area contributed by atoms with Gasteiger partial charge in [0.2, 0.25) is 11.8 Å². The Bertz CT molecular complexity index is 532. The number of hydrogen-bond acceptors (Lipinski definition) is 3. The maximum absolute atomic E-state index is 12.8. The summed E-state index contributed by atoms with van der Waals surface area (Å²) in [5, 5.41) is 0. The summed E-state index contributed by atoms with van der Waals surface area (Å²) in [5.41, 5.74) is 1.24. The van der Waals surface area contributed by atoms with Gasteiger partial charge in [-0.1, -0.05) is 19.2 Å². The first-order valence-corrected chi connectivity index (χ1v) is 8.15. The number of ether oxygens (including phenoxy) is 1. The summed E-state index contributed by atoms with van der Waals surface area (Å²) in [4.78, 5) is 28.0. The molecular weight excluding hydrogens is 292 g/mol. The van der Waals surface area contributed by atoms with Crippen LogP contribution in [0.5, 0.6) is 0 Å². The SMILES string of the molecule is C=C/C=C1\C(=C)N(C(C)=O)C(C)CN1C(=O)CC1CCOCC1. The Kier molecular flexibility index (Phi) is 5.77. The Morgan fingerprint density at radius 2 is 2.00 bits per heavy atom. The van der Waals surface area contributed by atoms with Gasteiger partial charge in [-0.15, -0.1) is 0 Å². The minimum absolute atomic E-state index is 0.0611. The van der Waals surface area contributed by atoms with E-state index in [1.54, 1.807) is 22.0 Å². The molecule has 0 N–H and O–H groups in total. The van der Waals surface area contributed by atoms with Crippen LogP contribution in [0.3, 0.4) is 0 Å². The van der Waals surface area contributed by atoms with Crippen LogP contribution < -0.4 is 0 Å². The molecule has 0 aliphatic carbocycles. The van der Waals surface area contributed by atoms with Crippen LogP contribution >= 0.6 is 0 Å². The van der Waals surface area contributed by atoms with Gasteiger partial charge in [-0.2, -0.15) is 0 Å². The summed E-state index contributed by atoms with van der Waals surface area (Å²) < 4.78 is 5.35. The van der Waals surface area contributed by atoms with Crippen LogP contribution in [0.15, 0.2) is 36.7 Å². The third kappa shape index (κ3) is 3.91. The molecule has 0 aromatic heterocycles. The molecule has 23 heavy (non-hydrogen) atoms. The molecule has 2 amide bonds. The van der Waals surface area contributed by atoms with E-state index >= 15 is 0 Å². The first kappa shape index (κ1) is 17.5. The standard InChI is InChI=1S/C18H26N2O3/c1-5-6-17-14(3)20(15(4)21)13(2)12-19(17)18(22)11-16-7-9-23-10-8-16/h5-6,13,16H,1,3,7-12H2,2,4H3/b17-6+. The van der Waals surface area contributed by atoms with E-state index in [4.69, 9.17) is 4.74 Å². The lowest BCUT2D eigenvalue weighted by Crippen LogP contribution is -2.52. The van der Waals surface area contributed by atoms with E-state index in [-0.39, 0.29) is 17.9 Å². The molecule has 2 rings (SSSR count). The van der Waals surface area contributed by atoms with Gasteiger partial charge in [0.25, 0.3) is 0 Å². The topological polar surface area (TPSA) is 49.9 Å². The number of rotatable bonds is 3. The number of allylic oxidation sites excluding steroid dienone is 2. The van der Waals surface area contributed by atoms with Crippen molar-refractivity contribution in [1.29, 1.82) is 0 Å². The molecule has 2 saturated heterocycles. The van der Waals surface area contributed by atoms with Crippen molar-refractivity contribution in [1.82, 2.24) is 9.80 Å². The number of carbonyl (C=O) groups is 2. The van der Waals surface area contributed by atoms with Crippen LogP contribution in [0.1, 0.15) is 33.1 Å². The van der Waals surface area contributed by atoms with Crippen molar-refractivity contribution in [2.45, 2.75) is 39.2 Å². The van der Waals surface area contributed by atoms with Crippen LogP contribution in [0.4, 0.5) is 0 Å². The fourth-order valence-corrected chi connectivity index (χ4v) is 3.33. The Morgan fingerprint density at radius 1 is 1.35 bits per heavy atom. The van der Waals surface area contributed by atoms with Crippen LogP contribution in [0.25, 0.3) is 0 Å². The predicted octanol–water partition coefficient (Wildman–Crippen LogP) is 2.47. The number of hydrogen-bond donors (Lipinski definition) is 0. The molecule has 1 atom stereocenters. The lowest BCUT2D eigenvalue weighted by molar-refractivity contribution is -0.137. The highest BCUT2D eigenvalue weighted by Crippen LogP contribution is 2.29. The van der Waals surface area contributed by atoms with Gasteiger partial charge in [-0.25, -0.2) is 0 Å². The molecule has 126 valence electrons. The van der Waals surface area contributed by atoms with Gasteiger partial charge in [0, 0.05) is 33.1 Å². The first-order chi connectivity index (χ1) is 11.0. The lowest BCUT2D eigenvalue weighted by atomic mass is 9.95. The molecule has 0 saturated carbocycles. The minimum atomic E-state index is -0.0828. The predicted molar refractivity (Wildman–Crippen MR) is 89.3 cm³/mol. The van der Waals surface area contributed by atoms with E-state index in [2.05, 4.69) is 13.2 Å². The summed E-state index contributed by atoms with van der Waals surface area (Å²) in [6.07, 6.45) is 5.75. The van der Waals surface area contributed by atoms with E-state index in [1.807, 2.05) is 6.92 Å². The van der Waals surface area contributed by atoms with Crippen LogP contribution in [0.2, 0.25) is 0 Å². The van der Waals surface area contributed by atoms with E-state index in [1.165, 1.54) is 6.92 Å². The average Bonchev–Trinajstić information content (AvgIpc) is 2.50. The van der Waals surface area contributed by atoms with E-state index in [9.17, 15) is 9.59 Å². The second-order valence-corrected chi connectivity index (χ2v) is 6.24. The van der Waals surface area contributed by atoms with Gasteiger partial charge < -0.3 is 14.5 Å². The van der Waals surface area contributed by atoms with Crippen LogP contribution in [-0.2, 0) is 14.3 Å². The van der Waals surface area contributed by atoms with Crippen molar-refractivity contribution in [3.05, 3.63) is 36.7 Å². The third-order valence-corrected chi connectivity index (χ3v) is 4.49. The maximum atomic E-state index is 12.8. The van der Waals surface area contributed by atoms with Gasteiger partial charge in [0.15, 0.2) is 0 Å². The molecule has 2 aliphatic rings. The smallest absolute Gasteiger partial charge is 0.227 e. The molecule has 0 aromatic rings. The summed E-state index contributed by atoms with van der Waals surface area (Å²) in [5.74, 6) is 0.394. The molecule has 2 heterocycles. The van der Waals surface area contributed by atoms with Gasteiger partial charge in [0.05, 0.1) is 17.4 Å². The van der Waals surface area contributed by atoms with Gasteiger partial charge in [-0.3, -0.25) is 9.59 Å². The normalized spacial score (nSPS) is 24.9. The fourth-order valence-electron chi connectivity index (χ4n) is 3.33. The van der Waals surface area contributed by atoms with E-state index in [0.29, 0.717) is 30.3 Å². The van der Waals surface area contributed by atoms with Crippen molar-refractivity contribution in [2.75, 3.05) is 19.8 Å². The summed E-state index contributed by atoms with van der Waals surface area (Å²) >= 11 is 0. The Balaban J connectivity index is 2.17. The second kappa shape index (κ2) is 7.59. The molecule has 0 spiro atoms. The van der Waals surface area contributed by atoms with Crippen molar-refractivity contribution >= 4 is 11.8 Å². The highest BCUT2D eigenvalue weighted by Gasteiger charge is 2.35. The Labute approximate surface area is 138 Å². The van der Waals surface area contributed by atoms with Crippen molar-refractivity contribution in [3.63, 3.8) is 0 Å². The molecule has 0 aromatic carbocycles. The van der Waals surface area contributed by atoms with Crippen molar-refractivity contribution < 1.29 is 14.3 Å². The monoisotopic (exact) mass is 318 g/mol. The largest absolute Gasteiger partial charge is 0.381 e. The zero-order valence-electron chi connectivity index (χ0n) is 14.1. The van der Waals surface area contributed by atoms with Gasteiger partial charge in [-0.05, 0) is 31.8 Å². The molecule has 5 nitrogen and oxygen atoms in total. The molecular formula is C18H26N2O3. The molecule has 0 radical (unpaired) electrons. The molecule has 2 fully saturated rings. The highest BCUT2D eigenvalue weighted by molar-refractivity contribution is 5.82. The molecule has 5 heteroatoms. The average molecular weight is 318 g/mol. The van der Waals surface area contributed by atoms with Crippen molar-refractivity contribution in [2.24, 2.45) is 5.92 Å². The Hall–Kier alpha value is -1.88. The van der Waals surface area contributed by atoms with Crippen molar-refractivity contribution in [3.8, 4) is 0 Å². The van der Waals surface area contributed by atoms with E-state index < -0.39 is 0 Å². The summed E-state index contributed by atoms with van der Waals surface area (Å²) in [7, 11) is 0. The summed E-state index contributed by atoms with van der Waals surface area (Å²) in [6, 6.07) is -0.0828. The highest BCUT2D eigenvalue weighted by atomic mass is 16.5. The van der Waals surface area contributed by atoms with Gasteiger partial charge >= 0.3 is 0 Å². The quantitative estimate of drug-likeness (QED) is 0.803. The third-order valence-electron chi connectivity index (χ3n) is 4.49.